The molecular formula is C28H25NO. The molecular weight excluding hydrogens is 366 g/mol. The molecule has 0 fully saturated rings. The van der Waals surface area contributed by atoms with Crippen molar-refractivity contribution in [1.29, 1.82) is 0 Å². The van der Waals surface area contributed by atoms with Crippen LogP contribution >= 0.6 is 0 Å². The number of nitrogens with one attached hydrogen (secondary N) is 1. The summed E-state index contributed by atoms with van der Waals surface area (Å²) in [4.78, 5) is 0. The fourth-order valence-electron chi connectivity index (χ4n) is 3.82. The number of para-hydroxylation sites is 1. The highest BCUT2D eigenvalue weighted by atomic mass is 16.3. The number of furan rings is 1. The second-order valence-electron chi connectivity index (χ2n) is 8.88. The molecule has 2 heteroatoms. The third-order valence-electron chi connectivity index (χ3n) is 5.59. The van der Waals surface area contributed by atoms with E-state index in [2.05, 4.69) is 98.9 Å². The minimum absolute atomic E-state index is 0.166. The van der Waals surface area contributed by atoms with Crippen molar-refractivity contribution >= 4 is 33.1 Å². The van der Waals surface area contributed by atoms with Crippen LogP contribution in [0.1, 0.15) is 26.3 Å². The van der Waals surface area contributed by atoms with Crippen molar-refractivity contribution in [2.24, 2.45) is 0 Å². The van der Waals surface area contributed by atoms with Gasteiger partial charge >= 0.3 is 0 Å². The van der Waals surface area contributed by atoms with Gasteiger partial charge in [0.15, 0.2) is 0 Å². The summed E-state index contributed by atoms with van der Waals surface area (Å²) in [6.07, 6.45) is 0. The van der Waals surface area contributed by atoms with Gasteiger partial charge in [0, 0.05) is 22.3 Å². The largest absolute Gasteiger partial charge is 0.456 e. The Morgan fingerprint density at radius 1 is 0.633 bits per heavy atom. The first-order valence-corrected chi connectivity index (χ1v) is 10.4. The van der Waals surface area contributed by atoms with Gasteiger partial charge in [-0.1, -0.05) is 69.3 Å². The van der Waals surface area contributed by atoms with Crippen LogP contribution in [0.5, 0.6) is 0 Å². The zero-order valence-corrected chi connectivity index (χ0v) is 17.6. The summed E-state index contributed by atoms with van der Waals surface area (Å²) in [5.74, 6) is 0.902. The normalized spacial score (nSPS) is 11.8. The molecule has 4 aromatic carbocycles. The Labute approximate surface area is 177 Å². The molecule has 1 heterocycles. The zero-order valence-electron chi connectivity index (χ0n) is 17.6. The van der Waals surface area contributed by atoms with Crippen LogP contribution in [0.15, 0.2) is 95.4 Å². The van der Waals surface area contributed by atoms with Crippen LogP contribution in [0, 0.1) is 0 Å². The van der Waals surface area contributed by atoms with Gasteiger partial charge in [-0.15, -0.1) is 0 Å². The van der Waals surface area contributed by atoms with Gasteiger partial charge in [-0.2, -0.15) is 0 Å². The Hall–Kier alpha value is -3.52. The predicted octanol–water partition coefficient (Wildman–Crippen LogP) is 8.29. The van der Waals surface area contributed by atoms with Crippen LogP contribution < -0.4 is 5.32 Å². The molecule has 0 aliphatic carbocycles. The molecule has 5 rings (SSSR count). The first-order chi connectivity index (χ1) is 14.5. The third kappa shape index (κ3) is 3.57. The number of hydrogen-bond acceptors (Lipinski definition) is 2. The summed E-state index contributed by atoms with van der Waals surface area (Å²) >= 11 is 0. The van der Waals surface area contributed by atoms with E-state index in [0.717, 1.165) is 33.7 Å². The minimum atomic E-state index is 0.166. The fraction of sp³-hybridized carbons (Fsp3) is 0.143. The first kappa shape index (κ1) is 18.5. The maximum atomic E-state index is 6.03. The molecule has 0 saturated carbocycles. The van der Waals surface area contributed by atoms with E-state index in [1.54, 1.807) is 0 Å². The second kappa shape index (κ2) is 7.07. The lowest BCUT2D eigenvalue weighted by Crippen LogP contribution is -2.10. The van der Waals surface area contributed by atoms with E-state index in [4.69, 9.17) is 4.42 Å². The van der Waals surface area contributed by atoms with Crippen molar-refractivity contribution < 1.29 is 4.42 Å². The second-order valence-corrected chi connectivity index (χ2v) is 8.88. The van der Waals surface area contributed by atoms with E-state index in [1.807, 2.05) is 18.2 Å². The zero-order chi connectivity index (χ0) is 20.7. The van der Waals surface area contributed by atoms with Gasteiger partial charge in [-0.05, 0) is 64.2 Å². The van der Waals surface area contributed by atoms with E-state index in [-0.39, 0.29) is 5.41 Å². The summed E-state index contributed by atoms with van der Waals surface area (Å²) in [6, 6.07) is 31.9. The first-order valence-electron chi connectivity index (χ1n) is 10.4. The molecule has 2 nitrogen and oxygen atoms in total. The van der Waals surface area contributed by atoms with Crippen molar-refractivity contribution in [3.63, 3.8) is 0 Å². The summed E-state index contributed by atoms with van der Waals surface area (Å²) in [7, 11) is 0. The van der Waals surface area contributed by atoms with Crippen molar-refractivity contribution in [2.45, 2.75) is 26.2 Å². The molecule has 0 spiro atoms. The van der Waals surface area contributed by atoms with Gasteiger partial charge in [0.05, 0.1) is 0 Å². The maximum absolute atomic E-state index is 6.03. The topological polar surface area (TPSA) is 25.2 Å². The number of fused-ring (bicyclic) bond motifs is 2. The number of anilines is 2. The minimum Gasteiger partial charge on any atom is -0.456 e. The van der Waals surface area contributed by atoms with Crippen molar-refractivity contribution in [3.8, 4) is 11.3 Å². The molecule has 1 aromatic heterocycles. The van der Waals surface area contributed by atoms with Crippen molar-refractivity contribution in [2.75, 3.05) is 5.32 Å². The highest BCUT2D eigenvalue weighted by Gasteiger charge is 2.13. The Bertz CT molecular complexity index is 1300. The van der Waals surface area contributed by atoms with Crippen LogP contribution in [-0.2, 0) is 5.41 Å². The Kier molecular flexibility index (Phi) is 4.36. The van der Waals surface area contributed by atoms with Gasteiger partial charge in [0.2, 0.25) is 0 Å². The van der Waals surface area contributed by atoms with Crippen LogP contribution in [0.25, 0.3) is 33.1 Å². The van der Waals surface area contributed by atoms with Crippen molar-refractivity contribution in [1.82, 2.24) is 0 Å². The smallest absolute Gasteiger partial charge is 0.135 e. The Morgan fingerprint density at radius 2 is 1.33 bits per heavy atom. The maximum Gasteiger partial charge on any atom is 0.135 e. The van der Waals surface area contributed by atoms with Gasteiger partial charge < -0.3 is 9.73 Å². The Morgan fingerprint density at radius 3 is 2.10 bits per heavy atom. The Balaban J connectivity index is 1.41. The van der Waals surface area contributed by atoms with Gasteiger partial charge in [0.1, 0.15) is 11.3 Å². The average molecular weight is 392 g/mol. The number of hydrogen-bond donors (Lipinski definition) is 1. The standard InChI is InChI=1S/C28H25NO/c1-28(2,3)23-11-14-24(15-12-23)29-25-13-10-19-16-22(9-8-20(19)17-25)27-18-21-6-4-5-7-26(21)30-27/h4-18,29H,1-3H3. The highest BCUT2D eigenvalue weighted by Crippen LogP contribution is 2.31. The molecule has 0 atom stereocenters. The molecule has 30 heavy (non-hydrogen) atoms. The molecule has 5 aromatic rings. The lowest BCUT2D eigenvalue weighted by molar-refractivity contribution is 0.590. The van der Waals surface area contributed by atoms with E-state index in [0.29, 0.717) is 0 Å². The van der Waals surface area contributed by atoms with Crippen LogP contribution in [0.3, 0.4) is 0 Å². The number of rotatable bonds is 3. The molecule has 148 valence electrons. The fourth-order valence-corrected chi connectivity index (χ4v) is 3.82. The molecule has 0 bridgehead atoms. The molecule has 0 aliphatic rings. The van der Waals surface area contributed by atoms with Crippen LogP contribution in [0.2, 0.25) is 0 Å². The number of benzene rings is 4. The predicted molar refractivity (Wildman–Crippen MR) is 128 cm³/mol. The lowest BCUT2D eigenvalue weighted by atomic mass is 9.87. The highest BCUT2D eigenvalue weighted by molar-refractivity contribution is 5.91. The molecule has 0 unspecified atom stereocenters. The van der Waals surface area contributed by atoms with Gasteiger partial charge in [0.25, 0.3) is 0 Å². The average Bonchev–Trinajstić information content (AvgIpc) is 3.17. The lowest BCUT2D eigenvalue weighted by Gasteiger charge is -2.19. The molecule has 1 N–H and O–H groups in total. The van der Waals surface area contributed by atoms with E-state index in [1.165, 1.54) is 16.3 Å². The van der Waals surface area contributed by atoms with Gasteiger partial charge in [-0.25, -0.2) is 0 Å². The third-order valence-corrected chi connectivity index (χ3v) is 5.59. The molecule has 0 saturated heterocycles. The van der Waals surface area contributed by atoms with E-state index in [9.17, 15) is 0 Å². The van der Waals surface area contributed by atoms with Crippen LogP contribution in [-0.4, -0.2) is 0 Å². The monoisotopic (exact) mass is 391 g/mol. The summed E-state index contributed by atoms with van der Waals surface area (Å²) in [5, 5.41) is 7.05. The SMILES string of the molecule is CC(C)(C)c1ccc(Nc2ccc3cc(-c4cc5ccccc5o4)ccc3c2)cc1. The van der Waals surface area contributed by atoms with Crippen molar-refractivity contribution in [3.05, 3.63) is 96.6 Å². The summed E-state index contributed by atoms with van der Waals surface area (Å²) in [5.41, 5.74) is 5.70. The molecule has 0 radical (unpaired) electrons. The molecule has 0 amide bonds. The molecule has 0 aliphatic heterocycles. The van der Waals surface area contributed by atoms with Crippen LogP contribution in [0.4, 0.5) is 11.4 Å². The summed E-state index contributed by atoms with van der Waals surface area (Å²) in [6.45, 7) is 6.70. The van der Waals surface area contributed by atoms with E-state index >= 15 is 0 Å². The van der Waals surface area contributed by atoms with Gasteiger partial charge in [-0.3, -0.25) is 0 Å². The quantitative estimate of drug-likeness (QED) is 0.334. The summed E-state index contributed by atoms with van der Waals surface area (Å²) < 4.78 is 6.03. The van der Waals surface area contributed by atoms with E-state index < -0.39 is 0 Å².